The molecular formula is C13H15N8O2S2+. The topological polar surface area (TPSA) is 142 Å². The number of aliphatic imine (C=N–C) groups is 2. The van der Waals surface area contributed by atoms with Crippen molar-refractivity contribution in [3.8, 4) is 0 Å². The number of pyridine rings is 1. The Balaban J connectivity index is 2.31. The average Bonchev–Trinajstić information content (AvgIpc) is 2.60. The zero-order chi connectivity index (χ0) is 18.4. The number of primary amides is 1. The number of guanidine groups is 1. The van der Waals surface area contributed by atoms with E-state index in [9.17, 15) is 9.59 Å². The second-order valence-electron chi connectivity index (χ2n) is 4.56. The standard InChI is InChI=1S/C13H14N8O2S2/c1-21-10(23)8(9(22)17-13(21)24)19-20-12(18-11(14)25-2)16-7-5-3-4-6-15-7/h3-6H,1-2H3,(H,17,22,24)(H3,14,15,16,18,20)/p+1. The third-order valence-electron chi connectivity index (χ3n) is 2.89. The highest BCUT2D eigenvalue weighted by atomic mass is 32.2. The zero-order valence-electron chi connectivity index (χ0n) is 13.3. The molecule has 10 nitrogen and oxygen atoms in total. The lowest BCUT2D eigenvalue weighted by Crippen LogP contribution is -2.98. The van der Waals surface area contributed by atoms with E-state index in [0.29, 0.717) is 5.82 Å². The molecule has 2 amide bonds. The largest absolute Gasteiger partial charge is 0.378 e. The molecule has 2 heterocycles. The van der Waals surface area contributed by atoms with Gasteiger partial charge in [0.2, 0.25) is 5.96 Å². The normalized spacial score (nSPS) is 18.1. The minimum Gasteiger partial charge on any atom is -0.378 e. The lowest BCUT2D eigenvalue weighted by Gasteiger charge is -2.19. The number of thioether (sulfide) groups is 1. The first-order chi connectivity index (χ1) is 11.9. The Morgan fingerprint density at radius 1 is 1.44 bits per heavy atom. The van der Waals surface area contributed by atoms with Crippen molar-refractivity contribution in [1.82, 2.24) is 15.3 Å². The van der Waals surface area contributed by atoms with Gasteiger partial charge in [-0.3, -0.25) is 9.69 Å². The first-order valence-corrected chi connectivity index (χ1v) is 8.48. The van der Waals surface area contributed by atoms with Crippen molar-refractivity contribution in [2.45, 2.75) is 0 Å². The van der Waals surface area contributed by atoms with Crippen LogP contribution in [0.25, 0.3) is 0 Å². The SMILES string of the molecule is CSC(N)=NC(=Nc1ccccn1)NN=C1C(=O)[NH2+]C(=S)N(C)C1=O. The van der Waals surface area contributed by atoms with Gasteiger partial charge in [0.15, 0.2) is 11.0 Å². The van der Waals surface area contributed by atoms with E-state index >= 15 is 0 Å². The fraction of sp³-hybridized carbons (Fsp3) is 0.154. The van der Waals surface area contributed by atoms with Crippen LogP contribution in [0.3, 0.4) is 0 Å². The van der Waals surface area contributed by atoms with E-state index in [4.69, 9.17) is 18.0 Å². The van der Waals surface area contributed by atoms with Crippen molar-refractivity contribution in [3.63, 3.8) is 0 Å². The van der Waals surface area contributed by atoms with Crippen LogP contribution in [0, 0.1) is 0 Å². The van der Waals surface area contributed by atoms with Crippen LogP contribution in [0.15, 0.2) is 39.5 Å². The average molecular weight is 379 g/mol. The molecule has 0 spiro atoms. The number of hydrogen-bond donors (Lipinski definition) is 3. The van der Waals surface area contributed by atoms with E-state index in [2.05, 4.69) is 25.5 Å². The number of nitrogens with two attached hydrogens (primary N) is 2. The summed E-state index contributed by atoms with van der Waals surface area (Å²) in [6.07, 6.45) is 3.30. The quantitative estimate of drug-likeness (QED) is 0.247. The third kappa shape index (κ3) is 4.89. The first-order valence-electron chi connectivity index (χ1n) is 6.85. The summed E-state index contributed by atoms with van der Waals surface area (Å²) in [6, 6.07) is 5.13. The van der Waals surface area contributed by atoms with Gasteiger partial charge in [-0.1, -0.05) is 17.8 Å². The molecule has 0 aromatic carbocycles. The molecule has 25 heavy (non-hydrogen) atoms. The van der Waals surface area contributed by atoms with Crippen molar-refractivity contribution in [2.75, 3.05) is 13.3 Å². The summed E-state index contributed by atoms with van der Waals surface area (Å²) in [6.45, 7) is 0. The van der Waals surface area contributed by atoms with E-state index in [1.165, 1.54) is 18.8 Å². The first kappa shape index (κ1) is 18.6. The van der Waals surface area contributed by atoms with E-state index in [1.807, 2.05) is 0 Å². The van der Waals surface area contributed by atoms with E-state index in [0.717, 1.165) is 10.2 Å². The Bertz CT molecular complexity index is 790. The molecule has 5 N–H and O–H groups in total. The van der Waals surface area contributed by atoms with Gasteiger partial charge in [-0.25, -0.2) is 20.5 Å². The molecular weight excluding hydrogens is 364 g/mol. The van der Waals surface area contributed by atoms with Crippen LogP contribution >= 0.6 is 24.0 Å². The number of hydrogen-bond acceptors (Lipinski definition) is 7. The van der Waals surface area contributed by atoms with Gasteiger partial charge in [-0.2, -0.15) is 15.1 Å². The highest BCUT2D eigenvalue weighted by molar-refractivity contribution is 8.13. The predicted molar refractivity (Wildman–Crippen MR) is 99.3 cm³/mol. The molecule has 1 aliphatic rings. The molecule has 2 rings (SSSR count). The second kappa shape index (κ2) is 8.41. The maximum Gasteiger partial charge on any atom is 0.375 e. The Morgan fingerprint density at radius 3 is 2.84 bits per heavy atom. The molecule has 1 aliphatic heterocycles. The van der Waals surface area contributed by atoms with Gasteiger partial charge in [-0.15, -0.1) is 0 Å². The van der Waals surface area contributed by atoms with Crippen LogP contribution in [0.5, 0.6) is 0 Å². The second-order valence-corrected chi connectivity index (χ2v) is 5.81. The third-order valence-corrected chi connectivity index (χ3v) is 3.79. The Labute approximate surface area is 152 Å². The highest BCUT2D eigenvalue weighted by Gasteiger charge is 2.37. The lowest BCUT2D eigenvalue weighted by atomic mass is 10.3. The van der Waals surface area contributed by atoms with E-state index in [-0.39, 0.29) is 22.0 Å². The predicted octanol–water partition coefficient (Wildman–Crippen LogP) is -1.46. The molecule has 1 saturated heterocycles. The lowest BCUT2D eigenvalue weighted by molar-refractivity contribution is -0.450. The Kier molecular flexibility index (Phi) is 6.27. The van der Waals surface area contributed by atoms with Crippen LogP contribution in [0.2, 0.25) is 0 Å². The maximum atomic E-state index is 12.1. The van der Waals surface area contributed by atoms with Crippen molar-refractivity contribution in [1.29, 1.82) is 0 Å². The van der Waals surface area contributed by atoms with Gasteiger partial charge in [0.25, 0.3) is 16.7 Å². The van der Waals surface area contributed by atoms with Crippen molar-refractivity contribution in [3.05, 3.63) is 24.4 Å². The van der Waals surface area contributed by atoms with Gasteiger partial charge >= 0.3 is 5.91 Å². The van der Waals surface area contributed by atoms with Crippen LogP contribution < -0.4 is 16.5 Å². The van der Waals surface area contributed by atoms with Crippen molar-refractivity contribution < 1.29 is 14.9 Å². The molecule has 1 aromatic heterocycles. The van der Waals surface area contributed by atoms with Crippen LogP contribution in [-0.2, 0) is 9.59 Å². The maximum absolute atomic E-state index is 12.1. The van der Waals surface area contributed by atoms with Crippen molar-refractivity contribution >= 4 is 63.6 Å². The van der Waals surface area contributed by atoms with Gasteiger partial charge in [0.1, 0.15) is 0 Å². The van der Waals surface area contributed by atoms with Gasteiger partial charge in [-0.05, 0) is 18.4 Å². The minimum absolute atomic E-state index is 0.0190. The summed E-state index contributed by atoms with van der Waals surface area (Å²) >= 11 is 6.11. The van der Waals surface area contributed by atoms with Crippen LogP contribution in [0.4, 0.5) is 5.82 Å². The summed E-state index contributed by atoms with van der Waals surface area (Å²) in [7, 11) is 1.45. The molecule has 0 unspecified atom stereocenters. The molecule has 1 aromatic rings. The number of nitrogens with one attached hydrogen (secondary N) is 1. The van der Waals surface area contributed by atoms with Gasteiger partial charge in [0, 0.05) is 25.5 Å². The molecule has 0 atom stereocenters. The number of amidine groups is 1. The molecule has 0 radical (unpaired) electrons. The minimum atomic E-state index is -0.621. The summed E-state index contributed by atoms with van der Waals surface area (Å²) in [5.41, 5.74) is 7.84. The number of quaternary nitrogens is 1. The number of rotatable bonds is 2. The molecule has 130 valence electrons. The monoisotopic (exact) mass is 379 g/mol. The Hall–Kier alpha value is -2.70. The number of aromatic nitrogens is 1. The molecule has 0 saturated carbocycles. The number of hydrazone groups is 1. The number of thiocarbonyl (C=S) groups is 1. The molecule has 0 bridgehead atoms. The Morgan fingerprint density at radius 2 is 2.20 bits per heavy atom. The fourth-order valence-corrected chi connectivity index (χ4v) is 1.97. The van der Waals surface area contributed by atoms with Crippen LogP contribution in [0.1, 0.15) is 0 Å². The van der Waals surface area contributed by atoms with E-state index < -0.39 is 11.8 Å². The smallest absolute Gasteiger partial charge is 0.375 e. The molecule has 0 aliphatic carbocycles. The number of carbonyl (C=O) groups is 2. The number of carbonyl (C=O) groups excluding carboxylic acids is 2. The van der Waals surface area contributed by atoms with E-state index in [1.54, 1.807) is 30.7 Å². The summed E-state index contributed by atoms with van der Waals surface area (Å²) in [4.78, 5) is 37.4. The van der Waals surface area contributed by atoms with Gasteiger partial charge in [0.05, 0.1) is 0 Å². The number of amides is 2. The fourth-order valence-electron chi connectivity index (χ4n) is 1.60. The molecule has 12 heteroatoms. The zero-order valence-corrected chi connectivity index (χ0v) is 15.0. The summed E-state index contributed by atoms with van der Waals surface area (Å²) < 4.78 is 0. The highest BCUT2D eigenvalue weighted by Crippen LogP contribution is 2.06. The van der Waals surface area contributed by atoms with Gasteiger partial charge < -0.3 is 5.73 Å². The van der Waals surface area contributed by atoms with Crippen LogP contribution in [-0.4, -0.2) is 57.0 Å². The summed E-state index contributed by atoms with van der Waals surface area (Å²) in [5, 5.41) is 5.31. The summed E-state index contributed by atoms with van der Waals surface area (Å²) in [5.74, 6) is -0.882. The van der Waals surface area contributed by atoms with Crippen molar-refractivity contribution in [2.24, 2.45) is 20.8 Å². The number of nitrogens with zero attached hydrogens (tertiary/aromatic N) is 5. The molecule has 1 fully saturated rings.